The number of aliphatic hydroxyl groups is 1. The summed E-state index contributed by atoms with van der Waals surface area (Å²) in [6.07, 6.45) is 1.83. The molecule has 5 rings (SSSR count). The minimum atomic E-state index is -0.859. The van der Waals surface area contributed by atoms with Crippen LogP contribution in [0.15, 0.2) is 73.1 Å². The summed E-state index contributed by atoms with van der Waals surface area (Å²) < 4.78 is 19.7. The molecule has 3 aromatic rings. The largest absolute Gasteiger partial charge is 0.487 e. The van der Waals surface area contributed by atoms with Gasteiger partial charge in [0.2, 0.25) is 0 Å². The lowest BCUT2D eigenvalue weighted by Crippen LogP contribution is -2.59. The summed E-state index contributed by atoms with van der Waals surface area (Å²) in [4.78, 5) is 17.4. The van der Waals surface area contributed by atoms with Crippen molar-refractivity contribution >= 4 is 11.6 Å². The number of halogens is 1. The summed E-state index contributed by atoms with van der Waals surface area (Å²) >= 11 is 0. The molecule has 1 aliphatic carbocycles. The van der Waals surface area contributed by atoms with Crippen molar-refractivity contribution in [1.29, 1.82) is 0 Å². The van der Waals surface area contributed by atoms with Gasteiger partial charge >= 0.3 is 0 Å². The fourth-order valence-electron chi connectivity index (χ4n) is 5.03. The van der Waals surface area contributed by atoms with E-state index in [1.54, 1.807) is 18.2 Å². The minimum absolute atomic E-state index is 0.281. The van der Waals surface area contributed by atoms with Crippen molar-refractivity contribution in [3.8, 4) is 5.75 Å². The average molecular weight is 478 g/mol. The number of carbonyl (C=O) groups is 1. The highest BCUT2D eigenvalue weighted by Gasteiger charge is 2.48. The second-order valence-corrected chi connectivity index (χ2v) is 8.90. The van der Waals surface area contributed by atoms with E-state index < -0.39 is 18.0 Å². The molecule has 2 aromatic carbocycles. The van der Waals surface area contributed by atoms with Crippen molar-refractivity contribution < 1.29 is 19.0 Å². The molecule has 1 aromatic heterocycles. The maximum atomic E-state index is 13.7. The third kappa shape index (κ3) is 5.26. The molecule has 182 valence electrons. The van der Waals surface area contributed by atoms with Gasteiger partial charge in [0.1, 0.15) is 23.8 Å². The fraction of sp³-hybridized carbons (Fsp3) is 0.346. The highest BCUT2D eigenvalue weighted by atomic mass is 19.1. The quantitative estimate of drug-likeness (QED) is 0.562. The van der Waals surface area contributed by atoms with Gasteiger partial charge < -0.3 is 20.1 Å². The third-order valence-electron chi connectivity index (χ3n) is 6.73. The Morgan fingerprint density at radius 1 is 1.03 bits per heavy atom. The second-order valence-electron chi connectivity index (χ2n) is 8.90. The van der Waals surface area contributed by atoms with Crippen LogP contribution in [0.5, 0.6) is 5.75 Å². The fourth-order valence-corrected chi connectivity index (χ4v) is 5.03. The van der Waals surface area contributed by atoms with Gasteiger partial charge in [-0.2, -0.15) is 10.2 Å². The number of para-hydroxylation sites is 1. The zero-order valence-electron chi connectivity index (χ0n) is 19.2. The standard InChI is InChI=1S/C26H28FN5O3/c27-19-5-4-8-21(15-19)35-23-16-22(30-26(34)18-9-10-28-29-17-18)24(25(23)33)32-13-11-31(12-14-32)20-6-2-1-3-7-20/h1-10,15,17,22-25,33H,11-14,16H2,(H,30,34)/t22-,23-,24+,25+/m1/s1. The number of benzene rings is 2. The van der Waals surface area contributed by atoms with Crippen LogP contribution in [-0.4, -0.2) is 76.6 Å². The Labute approximate surface area is 203 Å². The summed E-state index contributed by atoms with van der Waals surface area (Å²) in [5.74, 6) is -0.331. The van der Waals surface area contributed by atoms with E-state index in [0.717, 1.165) is 26.2 Å². The summed E-state index contributed by atoms with van der Waals surface area (Å²) in [7, 11) is 0. The Morgan fingerprint density at radius 3 is 2.54 bits per heavy atom. The normalized spacial score (nSPS) is 24.8. The second kappa shape index (κ2) is 10.4. The van der Waals surface area contributed by atoms with Gasteiger partial charge in [-0.05, 0) is 30.3 Å². The molecule has 2 heterocycles. The number of amides is 1. The summed E-state index contributed by atoms with van der Waals surface area (Å²) in [6.45, 7) is 3.06. The Balaban J connectivity index is 1.32. The van der Waals surface area contributed by atoms with Crippen molar-refractivity contribution in [3.05, 3.63) is 84.4 Å². The molecule has 4 atom stereocenters. The highest BCUT2D eigenvalue weighted by molar-refractivity contribution is 5.94. The zero-order chi connectivity index (χ0) is 24.2. The lowest BCUT2D eigenvalue weighted by molar-refractivity contribution is 0.00528. The zero-order valence-corrected chi connectivity index (χ0v) is 19.2. The molecule has 8 nitrogen and oxygen atoms in total. The molecule has 2 N–H and O–H groups in total. The predicted octanol–water partition coefficient (Wildman–Crippen LogP) is 2.12. The monoisotopic (exact) mass is 477 g/mol. The van der Waals surface area contributed by atoms with E-state index in [0.29, 0.717) is 17.7 Å². The SMILES string of the molecule is O=C(N[C@@H]1C[C@@H](Oc2cccc(F)c2)[C@H](O)[C@H]1N1CCN(c2ccccc2)CC1)c1ccnnc1. The van der Waals surface area contributed by atoms with Crippen LogP contribution in [0.4, 0.5) is 10.1 Å². The lowest BCUT2D eigenvalue weighted by atomic mass is 10.1. The molecule has 1 saturated heterocycles. The maximum absolute atomic E-state index is 13.7. The first-order chi connectivity index (χ1) is 17.1. The summed E-state index contributed by atoms with van der Waals surface area (Å²) in [5.41, 5.74) is 1.57. The van der Waals surface area contributed by atoms with Gasteiger partial charge in [0.15, 0.2) is 0 Å². The van der Waals surface area contributed by atoms with Crippen LogP contribution in [0.25, 0.3) is 0 Å². The smallest absolute Gasteiger partial charge is 0.253 e. The van der Waals surface area contributed by atoms with Gasteiger partial charge in [-0.1, -0.05) is 24.3 Å². The molecule has 1 aliphatic heterocycles. The van der Waals surface area contributed by atoms with Crippen molar-refractivity contribution in [2.24, 2.45) is 0 Å². The molecule has 9 heteroatoms. The van der Waals surface area contributed by atoms with Crippen molar-refractivity contribution in [1.82, 2.24) is 20.4 Å². The lowest BCUT2D eigenvalue weighted by Gasteiger charge is -2.42. The van der Waals surface area contributed by atoms with Gasteiger partial charge in [0.25, 0.3) is 5.91 Å². The Hall–Kier alpha value is -3.56. The van der Waals surface area contributed by atoms with Gasteiger partial charge in [0, 0.05) is 44.4 Å². The van der Waals surface area contributed by atoms with Crippen LogP contribution >= 0.6 is 0 Å². The Bertz CT molecular complexity index is 1130. The van der Waals surface area contributed by atoms with Crippen LogP contribution in [-0.2, 0) is 0 Å². The number of piperazine rings is 1. The maximum Gasteiger partial charge on any atom is 0.253 e. The number of rotatable bonds is 6. The molecular weight excluding hydrogens is 449 g/mol. The number of nitrogens with one attached hydrogen (secondary N) is 1. The number of carbonyl (C=O) groups excluding carboxylic acids is 1. The van der Waals surface area contributed by atoms with Crippen LogP contribution in [0.2, 0.25) is 0 Å². The van der Waals surface area contributed by atoms with Crippen LogP contribution < -0.4 is 15.0 Å². The first kappa shape index (κ1) is 23.2. The van der Waals surface area contributed by atoms with Crippen molar-refractivity contribution in [3.63, 3.8) is 0 Å². The van der Waals surface area contributed by atoms with E-state index in [4.69, 9.17) is 4.74 Å². The van der Waals surface area contributed by atoms with E-state index in [1.807, 2.05) is 18.2 Å². The predicted molar refractivity (Wildman–Crippen MR) is 129 cm³/mol. The number of hydrogen-bond donors (Lipinski definition) is 2. The number of aromatic nitrogens is 2. The van der Waals surface area contributed by atoms with E-state index in [2.05, 4.69) is 37.4 Å². The topological polar surface area (TPSA) is 90.8 Å². The number of aliphatic hydroxyl groups excluding tert-OH is 1. The number of anilines is 1. The first-order valence-electron chi connectivity index (χ1n) is 11.8. The Kier molecular flexibility index (Phi) is 6.87. The Morgan fingerprint density at radius 2 is 1.83 bits per heavy atom. The highest BCUT2D eigenvalue weighted by Crippen LogP contribution is 2.31. The van der Waals surface area contributed by atoms with Crippen molar-refractivity contribution in [2.45, 2.75) is 30.7 Å². The minimum Gasteiger partial charge on any atom is -0.487 e. The molecule has 1 amide bonds. The molecule has 0 unspecified atom stereocenters. The molecule has 2 aliphatic rings. The number of nitrogens with zero attached hydrogens (tertiary/aromatic N) is 4. The summed E-state index contributed by atoms with van der Waals surface area (Å²) in [5, 5.41) is 21.9. The molecule has 0 bridgehead atoms. The van der Waals surface area contributed by atoms with E-state index in [1.165, 1.54) is 30.2 Å². The van der Waals surface area contributed by atoms with Gasteiger partial charge in [-0.15, -0.1) is 0 Å². The molecule has 0 spiro atoms. The van der Waals surface area contributed by atoms with Crippen LogP contribution in [0.3, 0.4) is 0 Å². The van der Waals surface area contributed by atoms with Gasteiger partial charge in [0.05, 0.1) is 30.0 Å². The number of ether oxygens (including phenoxy) is 1. The van der Waals surface area contributed by atoms with Crippen molar-refractivity contribution in [2.75, 3.05) is 31.1 Å². The third-order valence-corrected chi connectivity index (χ3v) is 6.73. The van der Waals surface area contributed by atoms with E-state index >= 15 is 0 Å². The first-order valence-corrected chi connectivity index (χ1v) is 11.8. The summed E-state index contributed by atoms with van der Waals surface area (Å²) in [6, 6.07) is 17.0. The average Bonchev–Trinajstić information content (AvgIpc) is 3.19. The number of hydrogen-bond acceptors (Lipinski definition) is 7. The molecule has 35 heavy (non-hydrogen) atoms. The van der Waals surface area contributed by atoms with Crippen LogP contribution in [0, 0.1) is 5.82 Å². The molecule has 2 fully saturated rings. The van der Waals surface area contributed by atoms with Gasteiger partial charge in [-0.25, -0.2) is 4.39 Å². The molecule has 1 saturated carbocycles. The van der Waals surface area contributed by atoms with E-state index in [-0.39, 0.29) is 18.0 Å². The van der Waals surface area contributed by atoms with Gasteiger partial charge in [-0.3, -0.25) is 9.69 Å². The van der Waals surface area contributed by atoms with E-state index in [9.17, 15) is 14.3 Å². The van der Waals surface area contributed by atoms with Crippen LogP contribution in [0.1, 0.15) is 16.8 Å². The molecule has 0 radical (unpaired) electrons. The molecular formula is C26H28FN5O3.